The molecule has 24 heavy (non-hydrogen) atoms. The molecule has 0 spiro atoms. The van der Waals surface area contributed by atoms with Crippen LogP contribution in [0.4, 0.5) is 9.93 Å². The number of benzene rings is 1. The number of thiazole rings is 1. The lowest BCUT2D eigenvalue weighted by molar-refractivity contribution is 0.190. The Kier molecular flexibility index (Phi) is 5.58. The molecule has 128 valence electrons. The van der Waals surface area contributed by atoms with E-state index in [0.29, 0.717) is 18.1 Å². The fourth-order valence-corrected chi connectivity index (χ4v) is 3.65. The second-order valence-corrected chi connectivity index (χ2v) is 7.06. The van der Waals surface area contributed by atoms with Gasteiger partial charge in [0.05, 0.1) is 6.04 Å². The first kappa shape index (κ1) is 17.0. The third-order valence-corrected chi connectivity index (χ3v) is 5.32. The van der Waals surface area contributed by atoms with Gasteiger partial charge in [-0.2, -0.15) is 0 Å². The molecule has 1 saturated heterocycles. The summed E-state index contributed by atoms with van der Waals surface area (Å²) in [7, 11) is 0. The number of anilines is 1. The van der Waals surface area contributed by atoms with E-state index in [4.69, 9.17) is 11.6 Å². The number of hydrogen-bond acceptors (Lipinski definition) is 4. The molecule has 0 saturated carbocycles. The van der Waals surface area contributed by atoms with Gasteiger partial charge in [-0.15, -0.1) is 11.3 Å². The Morgan fingerprint density at radius 3 is 2.58 bits per heavy atom. The molecule has 0 bridgehead atoms. The van der Waals surface area contributed by atoms with E-state index in [1.54, 1.807) is 11.3 Å². The molecule has 1 unspecified atom stereocenters. The Morgan fingerprint density at radius 1 is 1.29 bits per heavy atom. The zero-order valence-electron chi connectivity index (χ0n) is 13.6. The van der Waals surface area contributed by atoms with E-state index in [1.165, 1.54) is 0 Å². The van der Waals surface area contributed by atoms with Crippen LogP contribution in [0.1, 0.15) is 24.9 Å². The standard InChI is InChI=1S/C17H21ClN4OS/c1-2-15(13-3-5-14(18)6-4-13)20-16(23)21-8-10-22(11-9-21)17-19-7-12-24-17/h3-7,12,15H,2,8-11H2,1H3,(H,20,23). The largest absolute Gasteiger partial charge is 0.345 e. The molecule has 5 nitrogen and oxygen atoms in total. The van der Waals surface area contributed by atoms with E-state index in [1.807, 2.05) is 40.7 Å². The van der Waals surface area contributed by atoms with Crippen LogP contribution < -0.4 is 10.2 Å². The molecule has 3 rings (SSSR count). The summed E-state index contributed by atoms with van der Waals surface area (Å²) in [5, 5.41) is 6.85. The first-order chi connectivity index (χ1) is 11.7. The quantitative estimate of drug-likeness (QED) is 0.898. The van der Waals surface area contributed by atoms with E-state index in [9.17, 15) is 4.79 Å². The van der Waals surface area contributed by atoms with E-state index < -0.39 is 0 Å². The second-order valence-electron chi connectivity index (χ2n) is 5.75. The SMILES string of the molecule is CCC(NC(=O)N1CCN(c2nccs2)CC1)c1ccc(Cl)cc1. The van der Waals surface area contributed by atoms with E-state index in [-0.39, 0.29) is 12.1 Å². The number of rotatable bonds is 4. The number of aromatic nitrogens is 1. The number of amides is 2. The van der Waals surface area contributed by atoms with Crippen molar-refractivity contribution >= 4 is 34.1 Å². The van der Waals surface area contributed by atoms with Crippen molar-refractivity contribution in [3.63, 3.8) is 0 Å². The Balaban J connectivity index is 1.55. The third kappa shape index (κ3) is 3.99. The molecular formula is C17H21ClN4OS. The maximum atomic E-state index is 12.6. The highest BCUT2D eigenvalue weighted by atomic mass is 35.5. The predicted octanol–water partition coefficient (Wildman–Crippen LogP) is 3.78. The number of urea groups is 1. The van der Waals surface area contributed by atoms with Crippen LogP contribution in [-0.2, 0) is 0 Å². The van der Waals surface area contributed by atoms with Crippen LogP contribution in [0.2, 0.25) is 5.02 Å². The summed E-state index contributed by atoms with van der Waals surface area (Å²) in [6.45, 7) is 5.13. The number of carbonyl (C=O) groups is 1. The highest BCUT2D eigenvalue weighted by Gasteiger charge is 2.24. The van der Waals surface area contributed by atoms with Gasteiger partial charge in [0.15, 0.2) is 5.13 Å². The summed E-state index contributed by atoms with van der Waals surface area (Å²) in [4.78, 5) is 21.0. The van der Waals surface area contributed by atoms with Gasteiger partial charge < -0.3 is 15.1 Å². The minimum atomic E-state index is -0.00408. The fraction of sp³-hybridized carbons (Fsp3) is 0.412. The third-order valence-electron chi connectivity index (χ3n) is 4.24. The lowest BCUT2D eigenvalue weighted by Crippen LogP contribution is -2.52. The first-order valence-electron chi connectivity index (χ1n) is 8.12. The molecule has 0 aliphatic carbocycles. The zero-order chi connectivity index (χ0) is 16.9. The van der Waals surface area contributed by atoms with Crippen molar-refractivity contribution in [2.45, 2.75) is 19.4 Å². The number of nitrogens with zero attached hydrogens (tertiary/aromatic N) is 3. The molecule has 2 heterocycles. The fourth-order valence-electron chi connectivity index (χ4n) is 2.83. The van der Waals surface area contributed by atoms with E-state index in [0.717, 1.165) is 30.2 Å². The van der Waals surface area contributed by atoms with E-state index >= 15 is 0 Å². The highest BCUT2D eigenvalue weighted by molar-refractivity contribution is 7.13. The lowest BCUT2D eigenvalue weighted by Gasteiger charge is -2.35. The van der Waals surface area contributed by atoms with Gasteiger partial charge in [-0.3, -0.25) is 0 Å². The van der Waals surface area contributed by atoms with Gasteiger partial charge in [0.25, 0.3) is 0 Å². The molecule has 2 aromatic rings. The molecule has 1 aliphatic rings. The molecule has 7 heteroatoms. The minimum absolute atomic E-state index is 0.00408. The number of hydrogen-bond donors (Lipinski definition) is 1. The summed E-state index contributed by atoms with van der Waals surface area (Å²) in [5.74, 6) is 0. The normalized spacial score (nSPS) is 16.1. The summed E-state index contributed by atoms with van der Waals surface area (Å²) in [6, 6.07) is 7.66. The zero-order valence-corrected chi connectivity index (χ0v) is 15.2. The van der Waals surface area contributed by atoms with Crippen molar-refractivity contribution in [2.24, 2.45) is 0 Å². The Morgan fingerprint density at radius 2 is 2.00 bits per heavy atom. The molecule has 1 aromatic carbocycles. The first-order valence-corrected chi connectivity index (χ1v) is 9.38. The molecule has 1 aliphatic heterocycles. The maximum absolute atomic E-state index is 12.6. The molecule has 1 atom stereocenters. The predicted molar refractivity (Wildman–Crippen MR) is 98.9 cm³/mol. The monoisotopic (exact) mass is 364 g/mol. The molecular weight excluding hydrogens is 344 g/mol. The number of carbonyl (C=O) groups excluding carboxylic acids is 1. The van der Waals surface area contributed by atoms with Crippen LogP contribution in [0.5, 0.6) is 0 Å². The summed E-state index contributed by atoms with van der Waals surface area (Å²) >= 11 is 7.58. The second kappa shape index (κ2) is 7.85. The Bertz CT molecular complexity index is 654. The van der Waals surface area contributed by atoms with Crippen molar-refractivity contribution in [1.29, 1.82) is 0 Å². The van der Waals surface area contributed by atoms with Crippen molar-refractivity contribution < 1.29 is 4.79 Å². The number of nitrogens with one attached hydrogen (secondary N) is 1. The van der Waals surface area contributed by atoms with Crippen molar-refractivity contribution in [3.8, 4) is 0 Å². The maximum Gasteiger partial charge on any atom is 0.318 e. The van der Waals surface area contributed by atoms with Gasteiger partial charge in [0, 0.05) is 42.8 Å². The molecule has 1 fully saturated rings. The number of halogens is 1. The van der Waals surface area contributed by atoms with Crippen LogP contribution in [-0.4, -0.2) is 42.1 Å². The average molecular weight is 365 g/mol. The van der Waals surface area contributed by atoms with Gasteiger partial charge in [-0.1, -0.05) is 30.7 Å². The molecule has 2 amide bonds. The average Bonchev–Trinajstić information content (AvgIpc) is 3.15. The van der Waals surface area contributed by atoms with Gasteiger partial charge in [-0.25, -0.2) is 9.78 Å². The number of piperazine rings is 1. The van der Waals surface area contributed by atoms with Crippen LogP contribution >= 0.6 is 22.9 Å². The highest BCUT2D eigenvalue weighted by Crippen LogP contribution is 2.21. The van der Waals surface area contributed by atoms with Crippen LogP contribution in [0.15, 0.2) is 35.8 Å². The topological polar surface area (TPSA) is 48.5 Å². The van der Waals surface area contributed by atoms with Crippen LogP contribution in [0, 0.1) is 0 Å². The van der Waals surface area contributed by atoms with Gasteiger partial charge in [0.1, 0.15) is 0 Å². The lowest BCUT2D eigenvalue weighted by atomic mass is 10.1. The van der Waals surface area contributed by atoms with Crippen molar-refractivity contribution in [2.75, 3.05) is 31.1 Å². The van der Waals surface area contributed by atoms with Gasteiger partial charge >= 0.3 is 6.03 Å². The molecule has 1 aromatic heterocycles. The van der Waals surface area contributed by atoms with Gasteiger partial charge in [-0.05, 0) is 24.1 Å². The minimum Gasteiger partial charge on any atom is -0.345 e. The van der Waals surface area contributed by atoms with Crippen molar-refractivity contribution in [1.82, 2.24) is 15.2 Å². The summed E-state index contributed by atoms with van der Waals surface area (Å²) in [6.07, 6.45) is 2.66. The van der Waals surface area contributed by atoms with E-state index in [2.05, 4.69) is 22.1 Å². The molecule has 0 radical (unpaired) electrons. The Hall–Kier alpha value is -1.79. The Labute approximate surface area is 151 Å². The van der Waals surface area contributed by atoms with Gasteiger partial charge in [0.2, 0.25) is 0 Å². The summed E-state index contributed by atoms with van der Waals surface area (Å²) < 4.78 is 0. The summed E-state index contributed by atoms with van der Waals surface area (Å²) in [5.41, 5.74) is 1.08. The van der Waals surface area contributed by atoms with Crippen molar-refractivity contribution in [3.05, 3.63) is 46.4 Å². The van der Waals surface area contributed by atoms with Crippen LogP contribution in [0.3, 0.4) is 0 Å². The van der Waals surface area contributed by atoms with Crippen LogP contribution in [0.25, 0.3) is 0 Å². The molecule has 1 N–H and O–H groups in total. The smallest absolute Gasteiger partial charge is 0.318 e.